The van der Waals surface area contributed by atoms with Gasteiger partial charge in [-0.2, -0.15) is 0 Å². The van der Waals surface area contributed by atoms with Gasteiger partial charge in [0.1, 0.15) is 0 Å². The number of hydrogen-bond acceptors (Lipinski definition) is 6. The highest BCUT2D eigenvalue weighted by Crippen LogP contribution is 2.32. The molecule has 0 bridgehead atoms. The molecule has 4 heterocycles. The summed E-state index contributed by atoms with van der Waals surface area (Å²) < 4.78 is 3.14. The summed E-state index contributed by atoms with van der Waals surface area (Å²) in [5.74, 6) is 0.845. The summed E-state index contributed by atoms with van der Waals surface area (Å²) >= 11 is 1.64. The Bertz CT molecular complexity index is 1150. The molecule has 0 spiro atoms. The fourth-order valence-corrected chi connectivity index (χ4v) is 4.00. The van der Waals surface area contributed by atoms with Crippen molar-refractivity contribution in [1.82, 2.24) is 20.2 Å². The van der Waals surface area contributed by atoms with Crippen molar-refractivity contribution in [3.8, 4) is 5.75 Å². The van der Waals surface area contributed by atoms with Gasteiger partial charge in [0.25, 0.3) is 0 Å². The minimum Gasteiger partial charge on any atom is -0.381 e. The second-order valence-corrected chi connectivity index (χ2v) is 7.06. The van der Waals surface area contributed by atoms with Gasteiger partial charge in [0.15, 0.2) is 5.75 Å². The predicted octanol–water partition coefficient (Wildman–Crippen LogP) is 5.45. The van der Waals surface area contributed by atoms with Gasteiger partial charge < -0.3 is 9.56 Å². The van der Waals surface area contributed by atoms with Crippen molar-refractivity contribution >= 4 is 59.4 Å². The predicted molar refractivity (Wildman–Crippen MR) is 123 cm³/mol. The molecule has 2 aromatic carbocycles. The van der Waals surface area contributed by atoms with E-state index in [-0.39, 0.29) is 19.0 Å². The van der Waals surface area contributed by atoms with E-state index in [0.29, 0.717) is 0 Å². The molecule has 0 amide bonds. The first-order valence-corrected chi connectivity index (χ1v) is 9.65. The van der Waals surface area contributed by atoms with Crippen molar-refractivity contribution in [2.75, 3.05) is 0 Å². The lowest BCUT2D eigenvalue weighted by molar-refractivity contribution is 0.242. The molecular weight excluding hydrogens is 416 g/mol. The largest absolute Gasteiger partial charge is 0.381 e. The average molecular weight is 433 g/mol. The third-order valence-corrected chi connectivity index (χ3v) is 5.43. The van der Waals surface area contributed by atoms with Crippen molar-refractivity contribution in [2.24, 2.45) is 0 Å². The van der Waals surface area contributed by atoms with Crippen LogP contribution in [0.15, 0.2) is 78.2 Å². The number of nitrogens with one attached hydrogen (secondary N) is 2. The van der Waals surface area contributed by atoms with Gasteiger partial charge in [-0.25, -0.2) is 5.48 Å². The Hall–Kier alpha value is -3.20. The maximum Gasteiger partial charge on any atom is 0.171 e. The zero-order valence-corrected chi connectivity index (χ0v) is 17.2. The fraction of sp³-hybridized carbons (Fsp3) is 0. The number of hydroxylamine groups is 1. The monoisotopic (exact) mass is 432 g/mol. The zero-order valence-electron chi connectivity index (χ0n) is 15.6. The second-order valence-electron chi connectivity index (χ2n) is 6.21. The molecule has 8 heteroatoms. The molecule has 6 rings (SSSR count). The van der Waals surface area contributed by atoms with Crippen LogP contribution in [0.1, 0.15) is 11.1 Å². The van der Waals surface area contributed by atoms with Crippen LogP contribution in [-0.2, 0) is 5.48 Å². The molecule has 4 radical (unpaired) electrons. The first-order valence-electron chi connectivity index (χ1n) is 8.83. The van der Waals surface area contributed by atoms with Crippen molar-refractivity contribution in [3.05, 3.63) is 84.5 Å². The number of rotatable bonds is 0. The molecular formula is C22H16N4O2S2. The third kappa shape index (κ3) is 4.06. The van der Waals surface area contributed by atoms with Gasteiger partial charge in [0.2, 0.25) is 0 Å². The average Bonchev–Trinajstić information content (AvgIpc) is 2.79. The second kappa shape index (κ2) is 9.53. The summed E-state index contributed by atoms with van der Waals surface area (Å²) in [5, 5.41) is 2.24. The summed E-state index contributed by atoms with van der Waals surface area (Å²) in [6.45, 7) is 0. The summed E-state index contributed by atoms with van der Waals surface area (Å²) in [4.78, 5) is 15.2. The van der Waals surface area contributed by atoms with Crippen LogP contribution in [0, 0.1) is 0 Å². The maximum atomic E-state index is 5.36. The van der Waals surface area contributed by atoms with Crippen LogP contribution in [0.5, 0.6) is 5.75 Å². The van der Waals surface area contributed by atoms with Crippen molar-refractivity contribution in [1.29, 1.82) is 0 Å². The number of hydrogen-bond donors (Lipinski definition) is 2. The quantitative estimate of drug-likeness (QED) is 0.359. The molecule has 148 valence electrons. The Labute approximate surface area is 184 Å². The van der Waals surface area contributed by atoms with Crippen molar-refractivity contribution in [3.63, 3.8) is 0 Å². The minimum absolute atomic E-state index is 0. The molecule has 0 saturated carbocycles. The van der Waals surface area contributed by atoms with Gasteiger partial charge in [-0.1, -0.05) is 12.1 Å². The Morgan fingerprint density at radius 1 is 0.767 bits per heavy atom. The molecule has 2 aliphatic rings. The van der Waals surface area contributed by atoms with Crippen LogP contribution in [0.3, 0.4) is 0 Å². The molecule has 6 nitrogen and oxygen atoms in total. The molecule has 2 aromatic heterocycles. The van der Waals surface area contributed by atoms with E-state index in [0.717, 1.165) is 27.7 Å². The van der Waals surface area contributed by atoms with Gasteiger partial charge >= 0.3 is 0 Å². The van der Waals surface area contributed by atoms with E-state index < -0.39 is 0 Å². The first kappa shape index (κ1) is 21.5. The van der Waals surface area contributed by atoms with E-state index in [4.69, 9.17) is 4.84 Å². The first-order chi connectivity index (χ1) is 13.9. The van der Waals surface area contributed by atoms with E-state index in [1.165, 1.54) is 15.8 Å². The zero-order chi connectivity index (χ0) is 18.8. The van der Waals surface area contributed by atoms with Crippen LogP contribution in [0.25, 0.3) is 34.0 Å². The Morgan fingerprint density at radius 3 is 2.23 bits per heavy atom. The van der Waals surface area contributed by atoms with E-state index in [2.05, 4.69) is 44.4 Å². The summed E-state index contributed by atoms with van der Waals surface area (Å²) in [7, 11) is 0. The van der Waals surface area contributed by atoms with Crippen LogP contribution < -0.4 is 15.0 Å². The molecule has 4 aromatic rings. The highest BCUT2D eigenvalue weighted by molar-refractivity contribution is 7.97. The van der Waals surface area contributed by atoms with Gasteiger partial charge in [-0.05, 0) is 66.1 Å². The van der Waals surface area contributed by atoms with Crippen LogP contribution in [0.2, 0.25) is 0 Å². The third-order valence-electron chi connectivity index (χ3n) is 4.52. The number of nitrogens with zero attached hydrogens (tertiary/aromatic N) is 2. The summed E-state index contributed by atoms with van der Waals surface area (Å²) in [6, 6.07) is 16.2. The number of aromatic nitrogens is 2. The fourth-order valence-electron chi connectivity index (χ4n) is 3.21. The molecule has 0 atom stereocenters. The van der Waals surface area contributed by atoms with Gasteiger partial charge in [0.05, 0.1) is 11.0 Å². The summed E-state index contributed by atoms with van der Waals surface area (Å²) in [5.41, 5.74) is 7.06. The molecule has 0 unspecified atom stereocenters. The van der Waals surface area contributed by atoms with Gasteiger partial charge in [0, 0.05) is 65.0 Å². The summed E-state index contributed by atoms with van der Waals surface area (Å²) in [6.07, 6.45) is 11.4. The van der Waals surface area contributed by atoms with E-state index in [9.17, 15) is 0 Å². The lowest BCUT2D eigenvalue weighted by atomic mass is 10.1. The molecule has 2 aliphatic heterocycles. The van der Waals surface area contributed by atoms with Crippen LogP contribution in [-0.4, -0.2) is 9.97 Å². The Balaban J connectivity index is 0.000000160. The Morgan fingerprint density at radius 2 is 1.43 bits per heavy atom. The smallest absolute Gasteiger partial charge is 0.171 e. The molecule has 0 aliphatic carbocycles. The number of benzene rings is 2. The van der Waals surface area contributed by atoms with Crippen molar-refractivity contribution in [2.45, 2.75) is 4.90 Å². The lowest BCUT2D eigenvalue weighted by Gasteiger charge is -2.14. The van der Waals surface area contributed by atoms with E-state index in [1.54, 1.807) is 24.3 Å². The SMILES string of the molecule is C1=Cc2ccc3ncccc3c2ON1.C1=Cc2ccc3ncccc3c2SN1.[O].[S]. The standard InChI is InChI=1S/C11H8N2O.C11H8N2S.O.S/c2*1-2-9-10(12-6-1)4-3-8-5-7-13-14-11(8)9;;/h2*1-7,13H;;. The molecule has 0 fully saturated rings. The van der Waals surface area contributed by atoms with E-state index >= 15 is 0 Å². The molecule has 0 saturated heterocycles. The van der Waals surface area contributed by atoms with Gasteiger partial charge in [-0.3, -0.25) is 9.97 Å². The normalized spacial score (nSPS) is 12.5. The maximum absolute atomic E-state index is 5.36. The van der Waals surface area contributed by atoms with Crippen LogP contribution in [0.4, 0.5) is 0 Å². The highest BCUT2D eigenvalue weighted by Gasteiger charge is 2.10. The van der Waals surface area contributed by atoms with Gasteiger partial charge in [-0.15, -0.1) is 0 Å². The van der Waals surface area contributed by atoms with Crippen LogP contribution >= 0.6 is 25.4 Å². The Kier molecular flexibility index (Phi) is 6.83. The number of fused-ring (bicyclic) bond motifs is 6. The topological polar surface area (TPSA) is 87.6 Å². The number of pyridine rings is 2. The lowest BCUT2D eigenvalue weighted by Crippen LogP contribution is -2.14. The van der Waals surface area contributed by atoms with E-state index in [1.807, 2.05) is 48.8 Å². The highest BCUT2D eigenvalue weighted by atomic mass is 32.2. The van der Waals surface area contributed by atoms with Crippen molar-refractivity contribution < 1.29 is 10.3 Å². The minimum atomic E-state index is 0. The molecule has 2 N–H and O–H groups in total. The molecule has 30 heavy (non-hydrogen) atoms.